The van der Waals surface area contributed by atoms with Crippen LogP contribution >= 0.6 is 0 Å². The number of amides is 1. The predicted molar refractivity (Wildman–Crippen MR) is 104 cm³/mol. The van der Waals surface area contributed by atoms with Gasteiger partial charge in [0.15, 0.2) is 17.4 Å². The van der Waals surface area contributed by atoms with Crippen LogP contribution in [0.1, 0.15) is 22.1 Å². The Morgan fingerprint density at radius 2 is 1.90 bits per heavy atom. The van der Waals surface area contributed by atoms with Gasteiger partial charge in [0.25, 0.3) is 5.91 Å². The van der Waals surface area contributed by atoms with Crippen molar-refractivity contribution < 1.29 is 13.7 Å². The summed E-state index contributed by atoms with van der Waals surface area (Å²) in [5.74, 6) is 2.79. The van der Waals surface area contributed by atoms with Crippen molar-refractivity contribution in [3.63, 3.8) is 0 Å². The molecule has 0 aliphatic heterocycles. The molecule has 3 heterocycles. The Hall–Kier alpha value is -3.95. The van der Waals surface area contributed by atoms with Gasteiger partial charge in [-0.15, -0.1) is 5.10 Å². The number of H-pyrrole nitrogens is 1. The third-order valence-electron chi connectivity index (χ3n) is 4.35. The van der Waals surface area contributed by atoms with Crippen molar-refractivity contribution in [2.24, 2.45) is 0 Å². The molecule has 0 radical (unpaired) electrons. The second-order valence-electron chi connectivity index (χ2n) is 6.49. The number of furan rings is 1. The molecular formula is C19H19N7O3. The van der Waals surface area contributed by atoms with Gasteiger partial charge in [0.2, 0.25) is 11.8 Å². The van der Waals surface area contributed by atoms with Crippen molar-refractivity contribution in [3.8, 4) is 22.9 Å². The van der Waals surface area contributed by atoms with E-state index in [0.717, 1.165) is 5.56 Å². The van der Waals surface area contributed by atoms with E-state index in [1.54, 1.807) is 37.1 Å². The number of nitrogens with zero attached hydrogens (tertiary/aromatic N) is 5. The van der Waals surface area contributed by atoms with Gasteiger partial charge in [-0.2, -0.15) is 9.97 Å². The molecule has 0 fully saturated rings. The van der Waals surface area contributed by atoms with Crippen LogP contribution in [0.3, 0.4) is 0 Å². The van der Waals surface area contributed by atoms with Crippen LogP contribution in [0.5, 0.6) is 0 Å². The van der Waals surface area contributed by atoms with E-state index in [1.165, 1.54) is 0 Å². The van der Waals surface area contributed by atoms with E-state index in [9.17, 15) is 4.79 Å². The first kappa shape index (κ1) is 18.4. The van der Waals surface area contributed by atoms with E-state index in [4.69, 9.17) is 14.7 Å². The molecule has 10 heteroatoms. The van der Waals surface area contributed by atoms with Crippen molar-refractivity contribution in [2.75, 3.05) is 19.3 Å². The summed E-state index contributed by atoms with van der Waals surface area (Å²) in [5.41, 5.74) is 6.93. The van der Waals surface area contributed by atoms with E-state index in [0.29, 0.717) is 47.6 Å². The number of likely N-dealkylation sites (N-methyl/N-ethyl adjacent to an activating group) is 1. The number of rotatable bonds is 6. The lowest BCUT2D eigenvalue weighted by molar-refractivity contribution is 0.0796. The summed E-state index contributed by atoms with van der Waals surface area (Å²) in [6.45, 7) is 2.22. The van der Waals surface area contributed by atoms with E-state index < -0.39 is 0 Å². The number of nitrogen functional groups attached to an aromatic ring is 1. The fourth-order valence-corrected chi connectivity index (χ4v) is 2.81. The number of benzene rings is 1. The minimum Gasteiger partial charge on any atom is -0.453 e. The Morgan fingerprint density at radius 1 is 1.14 bits per heavy atom. The topological polar surface area (TPSA) is 140 Å². The SMILES string of the molecule is Cc1nc(CCN(C)C(=O)c2ccc(-c3ccc(-c4nc(N)n[nH]4)o3)cc2)no1. The van der Waals surface area contributed by atoms with Gasteiger partial charge in [-0.1, -0.05) is 17.3 Å². The zero-order valence-electron chi connectivity index (χ0n) is 15.9. The first-order valence-electron chi connectivity index (χ1n) is 8.93. The standard InChI is InChI=1S/C19H19N7O3/c1-11-21-16(25-29-11)9-10-26(2)18(27)13-5-3-12(4-6-13)14-7-8-15(28-14)17-22-19(20)24-23-17/h3-8H,9-10H2,1-2H3,(H3,20,22,23,24). The summed E-state index contributed by atoms with van der Waals surface area (Å²) >= 11 is 0. The Kier molecular flexibility index (Phi) is 4.82. The third kappa shape index (κ3) is 4.00. The molecule has 4 aromatic rings. The number of hydrogen-bond donors (Lipinski definition) is 2. The Morgan fingerprint density at radius 3 is 2.55 bits per heavy atom. The number of aromatic nitrogens is 5. The summed E-state index contributed by atoms with van der Waals surface area (Å²) in [7, 11) is 1.74. The van der Waals surface area contributed by atoms with Gasteiger partial charge < -0.3 is 19.6 Å². The van der Waals surface area contributed by atoms with Gasteiger partial charge >= 0.3 is 0 Å². The maximum absolute atomic E-state index is 12.6. The van der Waals surface area contributed by atoms with E-state index in [-0.39, 0.29) is 11.9 Å². The highest BCUT2D eigenvalue weighted by Crippen LogP contribution is 2.27. The molecule has 3 aromatic heterocycles. The predicted octanol–water partition coefficient (Wildman–Crippen LogP) is 2.32. The average molecular weight is 393 g/mol. The van der Waals surface area contributed by atoms with Crippen molar-refractivity contribution >= 4 is 11.9 Å². The first-order chi connectivity index (χ1) is 14.0. The lowest BCUT2D eigenvalue weighted by atomic mass is 10.1. The van der Waals surface area contributed by atoms with Gasteiger partial charge in [-0.05, 0) is 24.3 Å². The van der Waals surface area contributed by atoms with Gasteiger partial charge in [-0.25, -0.2) is 0 Å². The summed E-state index contributed by atoms with van der Waals surface area (Å²) in [6, 6.07) is 10.8. The Balaban J connectivity index is 1.42. The minimum atomic E-state index is -0.0889. The minimum absolute atomic E-state index is 0.0889. The molecule has 29 heavy (non-hydrogen) atoms. The molecule has 0 aliphatic rings. The molecule has 0 spiro atoms. The number of nitrogens with one attached hydrogen (secondary N) is 1. The highest BCUT2D eigenvalue weighted by atomic mass is 16.5. The molecule has 0 atom stereocenters. The highest BCUT2D eigenvalue weighted by Gasteiger charge is 2.14. The lowest BCUT2D eigenvalue weighted by Crippen LogP contribution is -2.29. The van der Waals surface area contributed by atoms with E-state index in [1.807, 2.05) is 18.2 Å². The maximum atomic E-state index is 12.6. The molecule has 1 aromatic carbocycles. The molecule has 0 bridgehead atoms. The number of aryl methyl sites for hydroxylation is 1. The zero-order valence-corrected chi connectivity index (χ0v) is 15.9. The van der Waals surface area contributed by atoms with Crippen LogP contribution in [0.15, 0.2) is 45.3 Å². The van der Waals surface area contributed by atoms with Crippen molar-refractivity contribution in [3.05, 3.63) is 53.7 Å². The van der Waals surface area contributed by atoms with Crippen LogP contribution in [-0.2, 0) is 6.42 Å². The molecule has 0 saturated heterocycles. The highest BCUT2D eigenvalue weighted by molar-refractivity contribution is 5.94. The van der Waals surface area contributed by atoms with Crippen LogP contribution < -0.4 is 5.73 Å². The quantitative estimate of drug-likeness (QED) is 0.508. The summed E-state index contributed by atoms with van der Waals surface area (Å²) < 4.78 is 10.7. The molecule has 4 rings (SSSR count). The maximum Gasteiger partial charge on any atom is 0.253 e. The number of carbonyl (C=O) groups excluding carboxylic acids is 1. The van der Waals surface area contributed by atoms with Crippen LogP contribution in [0.25, 0.3) is 22.9 Å². The van der Waals surface area contributed by atoms with Crippen molar-refractivity contribution in [1.82, 2.24) is 30.2 Å². The number of nitrogens with two attached hydrogens (primary N) is 1. The molecule has 148 valence electrons. The largest absolute Gasteiger partial charge is 0.453 e. The fourth-order valence-electron chi connectivity index (χ4n) is 2.81. The molecular weight excluding hydrogens is 374 g/mol. The molecule has 3 N–H and O–H groups in total. The summed E-state index contributed by atoms with van der Waals surface area (Å²) in [6.07, 6.45) is 0.527. The molecule has 10 nitrogen and oxygen atoms in total. The van der Waals surface area contributed by atoms with Gasteiger partial charge in [0.05, 0.1) is 0 Å². The summed E-state index contributed by atoms with van der Waals surface area (Å²) in [5, 5.41) is 10.3. The van der Waals surface area contributed by atoms with Crippen molar-refractivity contribution in [1.29, 1.82) is 0 Å². The monoisotopic (exact) mass is 393 g/mol. The Labute approximate surface area is 165 Å². The number of carbonyl (C=O) groups is 1. The van der Waals surface area contributed by atoms with Crippen LogP contribution in [0.2, 0.25) is 0 Å². The first-order valence-corrected chi connectivity index (χ1v) is 8.93. The number of hydrogen-bond acceptors (Lipinski definition) is 8. The van der Waals surface area contributed by atoms with Crippen LogP contribution in [-0.4, -0.2) is 49.7 Å². The summed E-state index contributed by atoms with van der Waals surface area (Å²) in [4.78, 5) is 22.4. The van der Waals surface area contributed by atoms with Gasteiger partial charge in [0, 0.05) is 38.1 Å². The molecule has 1 amide bonds. The van der Waals surface area contributed by atoms with Gasteiger partial charge in [-0.3, -0.25) is 9.89 Å². The Bertz CT molecular complexity index is 1130. The lowest BCUT2D eigenvalue weighted by Gasteiger charge is -2.16. The number of aromatic amines is 1. The van der Waals surface area contributed by atoms with Crippen LogP contribution in [0, 0.1) is 6.92 Å². The molecule has 0 saturated carbocycles. The second-order valence-corrected chi connectivity index (χ2v) is 6.49. The second kappa shape index (κ2) is 7.58. The van der Waals surface area contributed by atoms with E-state index >= 15 is 0 Å². The van der Waals surface area contributed by atoms with Gasteiger partial charge in [0.1, 0.15) is 5.76 Å². The molecule has 0 unspecified atom stereocenters. The van der Waals surface area contributed by atoms with Crippen LogP contribution in [0.4, 0.5) is 5.95 Å². The van der Waals surface area contributed by atoms with Crippen molar-refractivity contribution in [2.45, 2.75) is 13.3 Å². The zero-order chi connectivity index (χ0) is 20.4. The van der Waals surface area contributed by atoms with E-state index in [2.05, 4.69) is 25.3 Å². The smallest absolute Gasteiger partial charge is 0.253 e. The third-order valence-corrected chi connectivity index (χ3v) is 4.35. The average Bonchev–Trinajstić information content (AvgIpc) is 3.46. The fraction of sp³-hybridized carbons (Fsp3) is 0.211. The molecule has 0 aliphatic carbocycles. The normalized spacial score (nSPS) is 11.0. The number of anilines is 1.